The van der Waals surface area contributed by atoms with Crippen molar-refractivity contribution in [1.29, 1.82) is 0 Å². The lowest BCUT2D eigenvalue weighted by atomic mass is 10.2. The van der Waals surface area contributed by atoms with Crippen LogP contribution >= 0.6 is 0 Å². The molecule has 0 fully saturated rings. The van der Waals surface area contributed by atoms with Crippen LogP contribution in [0.4, 0.5) is 17.2 Å². The molecular weight excluding hydrogens is 332 g/mol. The van der Waals surface area contributed by atoms with Crippen molar-refractivity contribution >= 4 is 39.7 Å². The zero-order chi connectivity index (χ0) is 18.3. The van der Waals surface area contributed by atoms with Gasteiger partial charge in [-0.25, -0.2) is 14.8 Å². The van der Waals surface area contributed by atoms with Gasteiger partial charge < -0.3 is 15.3 Å². The third-order valence-corrected chi connectivity index (χ3v) is 4.11. The minimum Gasteiger partial charge on any atom is -0.476 e. The zero-order valence-corrected chi connectivity index (χ0v) is 14.2. The van der Waals surface area contributed by atoms with Crippen molar-refractivity contribution in [3.05, 3.63) is 54.7 Å². The smallest absolute Gasteiger partial charge is 0.356 e. The molecule has 4 rings (SSSR count). The molecule has 0 amide bonds. The zero-order valence-electron chi connectivity index (χ0n) is 14.2. The van der Waals surface area contributed by atoms with E-state index in [2.05, 4.69) is 20.3 Å². The molecule has 130 valence electrons. The van der Waals surface area contributed by atoms with E-state index in [0.717, 1.165) is 11.4 Å². The molecule has 2 N–H and O–H groups in total. The molecule has 0 unspecified atom stereocenters. The molecule has 3 heterocycles. The quantitative estimate of drug-likeness (QED) is 0.585. The average Bonchev–Trinajstić information content (AvgIpc) is 3.08. The van der Waals surface area contributed by atoms with Gasteiger partial charge in [-0.05, 0) is 30.3 Å². The summed E-state index contributed by atoms with van der Waals surface area (Å²) < 4.78 is 1.69. The van der Waals surface area contributed by atoms with E-state index in [1.54, 1.807) is 22.9 Å². The summed E-state index contributed by atoms with van der Waals surface area (Å²) in [4.78, 5) is 26.3. The number of anilines is 3. The van der Waals surface area contributed by atoms with Crippen molar-refractivity contribution < 1.29 is 9.90 Å². The van der Waals surface area contributed by atoms with Gasteiger partial charge in [0, 0.05) is 31.7 Å². The highest BCUT2D eigenvalue weighted by molar-refractivity contribution is 6.00. The third-order valence-electron chi connectivity index (χ3n) is 4.11. The van der Waals surface area contributed by atoms with E-state index in [-0.39, 0.29) is 5.69 Å². The van der Waals surface area contributed by atoms with E-state index in [4.69, 9.17) is 0 Å². The van der Waals surface area contributed by atoms with Crippen molar-refractivity contribution in [3.8, 4) is 0 Å². The largest absolute Gasteiger partial charge is 0.476 e. The first kappa shape index (κ1) is 15.8. The van der Waals surface area contributed by atoms with Crippen LogP contribution in [0.15, 0.2) is 49.1 Å². The molecule has 0 aliphatic heterocycles. The molecule has 0 atom stereocenters. The van der Waals surface area contributed by atoms with Gasteiger partial charge in [0.2, 0.25) is 0 Å². The van der Waals surface area contributed by atoms with E-state index in [0.29, 0.717) is 22.4 Å². The average molecular weight is 348 g/mol. The molecule has 0 spiro atoms. The first-order valence-corrected chi connectivity index (χ1v) is 7.93. The van der Waals surface area contributed by atoms with Crippen molar-refractivity contribution in [1.82, 2.24) is 19.4 Å². The molecule has 3 aromatic heterocycles. The number of carboxylic acids is 1. The van der Waals surface area contributed by atoms with Crippen LogP contribution in [0.5, 0.6) is 0 Å². The Bertz CT molecular complexity index is 1120. The topological polar surface area (TPSA) is 95.6 Å². The van der Waals surface area contributed by atoms with Gasteiger partial charge >= 0.3 is 5.97 Å². The van der Waals surface area contributed by atoms with E-state index in [1.807, 2.05) is 43.3 Å². The first-order valence-electron chi connectivity index (χ1n) is 7.93. The van der Waals surface area contributed by atoms with Gasteiger partial charge in [-0.1, -0.05) is 0 Å². The predicted octanol–water partition coefficient (Wildman–Crippen LogP) is 2.79. The van der Waals surface area contributed by atoms with E-state index in [1.165, 1.54) is 6.33 Å². The van der Waals surface area contributed by atoms with Gasteiger partial charge in [0.15, 0.2) is 11.5 Å². The molecule has 0 radical (unpaired) electrons. The number of aromatic nitrogens is 4. The minimum absolute atomic E-state index is 0.0596. The number of nitrogens with zero attached hydrogens (tertiary/aromatic N) is 5. The van der Waals surface area contributed by atoms with Crippen molar-refractivity contribution in [2.45, 2.75) is 0 Å². The van der Waals surface area contributed by atoms with Gasteiger partial charge in [0.1, 0.15) is 11.8 Å². The second-order valence-corrected chi connectivity index (χ2v) is 6.01. The first-order chi connectivity index (χ1) is 12.5. The lowest BCUT2D eigenvalue weighted by molar-refractivity contribution is 0.0693. The van der Waals surface area contributed by atoms with Crippen LogP contribution in [0.25, 0.3) is 16.6 Å². The Labute approximate surface area is 148 Å². The second-order valence-electron chi connectivity index (χ2n) is 6.01. The van der Waals surface area contributed by atoms with E-state index >= 15 is 0 Å². The van der Waals surface area contributed by atoms with Gasteiger partial charge in [0.25, 0.3) is 0 Å². The summed E-state index contributed by atoms with van der Waals surface area (Å²) in [5.74, 6) is -0.681. The molecule has 0 saturated heterocycles. The van der Waals surface area contributed by atoms with Crippen molar-refractivity contribution in [3.63, 3.8) is 0 Å². The normalized spacial score (nSPS) is 11.0. The van der Waals surface area contributed by atoms with Gasteiger partial charge in [-0.3, -0.25) is 9.38 Å². The molecule has 0 bridgehead atoms. The number of aromatic carboxylic acids is 1. The molecule has 26 heavy (non-hydrogen) atoms. The number of hydrogen-bond acceptors (Lipinski definition) is 6. The molecular formula is C18H16N6O2. The SMILES string of the molecule is CN(C)c1ccc(Nc2nc3ccncc3n3cnc(C(=O)O)c23)cc1. The Balaban J connectivity index is 1.89. The van der Waals surface area contributed by atoms with Crippen molar-refractivity contribution in [2.75, 3.05) is 24.3 Å². The highest BCUT2D eigenvalue weighted by Crippen LogP contribution is 2.27. The fourth-order valence-electron chi connectivity index (χ4n) is 2.81. The maximum absolute atomic E-state index is 11.6. The lowest BCUT2D eigenvalue weighted by Gasteiger charge is -2.14. The monoisotopic (exact) mass is 348 g/mol. The Morgan fingerprint density at radius 1 is 1.19 bits per heavy atom. The number of benzene rings is 1. The second kappa shape index (κ2) is 5.99. The molecule has 8 nitrogen and oxygen atoms in total. The summed E-state index contributed by atoms with van der Waals surface area (Å²) in [6.45, 7) is 0. The minimum atomic E-state index is -1.11. The van der Waals surface area contributed by atoms with Crippen LogP contribution < -0.4 is 10.2 Å². The lowest BCUT2D eigenvalue weighted by Crippen LogP contribution is -2.08. The number of pyridine rings is 1. The van der Waals surface area contributed by atoms with Gasteiger partial charge in [-0.15, -0.1) is 0 Å². The summed E-state index contributed by atoms with van der Waals surface area (Å²) in [7, 11) is 3.94. The Hall–Kier alpha value is -3.68. The summed E-state index contributed by atoms with van der Waals surface area (Å²) in [6.07, 6.45) is 4.76. The molecule has 0 saturated carbocycles. The van der Waals surface area contributed by atoms with Crippen molar-refractivity contribution in [2.24, 2.45) is 0 Å². The number of carboxylic acid groups (broad SMARTS) is 1. The molecule has 4 aromatic rings. The Morgan fingerprint density at radius 2 is 1.96 bits per heavy atom. The standard InChI is InChI=1S/C18H16N6O2/c1-23(2)12-5-3-11(4-6-12)21-17-16-15(18(25)26)20-10-24(16)14-9-19-8-7-13(14)22-17/h3-10H,1-2H3,(H,21,22)(H,25,26). The van der Waals surface area contributed by atoms with E-state index in [9.17, 15) is 9.90 Å². The summed E-state index contributed by atoms with van der Waals surface area (Å²) in [5.41, 5.74) is 3.58. The molecule has 8 heteroatoms. The number of fused-ring (bicyclic) bond motifs is 3. The fraction of sp³-hybridized carbons (Fsp3) is 0.111. The van der Waals surface area contributed by atoms with Gasteiger partial charge in [-0.2, -0.15) is 0 Å². The number of nitrogens with one attached hydrogen (secondary N) is 1. The molecule has 1 aromatic carbocycles. The molecule has 0 aliphatic rings. The summed E-state index contributed by atoms with van der Waals surface area (Å²) in [5, 5.41) is 12.7. The van der Waals surface area contributed by atoms with Crippen LogP contribution in [-0.2, 0) is 0 Å². The highest BCUT2D eigenvalue weighted by Gasteiger charge is 2.19. The predicted molar refractivity (Wildman–Crippen MR) is 99.3 cm³/mol. The highest BCUT2D eigenvalue weighted by atomic mass is 16.4. The molecule has 0 aliphatic carbocycles. The maximum atomic E-state index is 11.6. The Morgan fingerprint density at radius 3 is 2.65 bits per heavy atom. The summed E-state index contributed by atoms with van der Waals surface area (Å²) in [6, 6.07) is 9.55. The van der Waals surface area contributed by atoms with E-state index < -0.39 is 5.97 Å². The third kappa shape index (κ3) is 2.57. The van der Waals surface area contributed by atoms with Crippen LogP contribution in [0, 0.1) is 0 Å². The number of imidazole rings is 1. The van der Waals surface area contributed by atoms with Crippen LogP contribution in [0.3, 0.4) is 0 Å². The maximum Gasteiger partial charge on any atom is 0.356 e. The summed E-state index contributed by atoms with van der Waals surface area (Å²) >= 11 is 0. The number of rotatable bonds is 4. The number of hydrogen-bond donors (Lipinski definition) is 2. The van der Waals surface area contributed by atoms with Crippen LogP contribution in [-0.4, -0.2) is 44.5 Å². The van der Waals surface area contributed by atoms with Gasteiger partial charge in [0.05, 0.1) is 17.2 Å². The van der Waals surface area contributed by atoms with Crippen LogP contribution in [0.1, 0.15) is 10.5 Å². The van der Waals surface area contributed by atoms with Crippen LogP contribution in [0.2, 0.25) is 0 Å². The Kier molecular flexibility index (Phi) is 3.65. The number of carbonyl (C=O) groups is 1. The fourth-order valence-corrected chi connectivity index (χ4v) is 2.81.